The Morgan fingerprint density at radius 1 is 1.00 bits per heavy atom. The van der Waals surface area contributed by atoms with E-state index in [1.54, 1.807) is 18.2 Å². The summed E-state index contributed by atoms with van der Waals surface area (Å²) in [5.41, 5.74) is 4.35. The molecule has 3 aromatic carbocycles. The lowest BCUT2D eigenvalue weighted by Gasteiger charge is -2.07. The molecule has 30 heavy (non-hydrogen) atoms. The summed E-state index contributed by atoms with van der Waals surface area (Å²) in [6, 6.07) is 20.2. The number of nitrogens with zero attached hydrogens (tertiary/aromatic N) is 2. The van der Waals surface area contributed by atoms with Crippen molar-refractivity contribution in [2.75, 3.05) is 0 Å². The van der Waals surface area contributed by atoms with E-state index in [0.717, 1.165) is 21.7 Å². The van der Waals surface area contributed by atoms with Gasteiger partial charge in [0, 0.05) is 23.1 Å². The summed E-state index contributed by atoms with van der Waals surface area (Å²) in [4.78, 5) is 15.9. The van der Waals surface area contributed by atoms with Crippen molar-refractivity contribution in [3.8, 4) is 5.75 Å². The third kappa shape index (κ3) is 6.06. The van der Waals surface area contributed by atoms with E-state index in [4.69, 9.17) is 4.74 Å². The first-order valence-corrected chi connectivity index (χ1v) is 10.3. The lowest BCUT2D eigenvalue weighted by atomic mass is 10.1. The van der Waals surface area contributed by atoms with Gasteiger partial charge >= 0.3 is 0 Å². The fourth-order valence-electron chi connectivity index (χ4n) is 2.63. The number of nitro groups is 1. The standard InChI is InChI=1S/C24H22N2O3S/c1-17-5-4-6-22(15-17)29-24(25-20-8-7-18(2)19(3)16-20)13-14-30-23-11-9-21(10-12-23)26(27)28/h4-16H,1-3H3/b14-13+,25-24-. The number of non-ortho nitro benzene ring substituents is 1. The number of ether oxygens (including phenoxy) is 1. The van der Waals surface area contributed by atoms with Gasteiger partial charge in [-0.2, -0.15) is 0 Å². The predicted molar refractivity (Wildman–Crippen MR) is 123 cm³/mol. The molecule has 0 aliphatic carbocycles. The van der Waals surface area contributed by atoms with Crippen molar-refractivity contribution in [2.45, 2.75) is 25.7 Å². The first-order chi connectivity index (χ1) is 14.4. The Morgan fingerprint density at radius 3 is 2.43 bits per heavy atom. The maximum atomic E-state index is 10.8. The van der Waals surface area contributed by atoms with Gasteiger partial charge < -0.3 is 4.74 Å². The number of thioether (sulfide) groups is 1. The van der Waals surface area contributed by atoms with Crippen LogP contribution in [0.25, 0.3) is 0 Å². The van der Waals surface area contributed by atoms with Crippen LogP contribution in [0.5, 0.6) is 5.75 Å². The number of aryl methyl sites for hydroxylation is 3. The van der Waals surface area contributed by atoms with Crippen LogP contribution in [0.3, 0.4) is 0 Å². The third-order valence-electron chi connectivity index (χ3n) is 4.40. The molecule has 3 rings (SSSR count). The predicted octanol–water partition coefficient (Wildman–Crippen LogP) is 6.94. The van der Waals surface area contributed by atoms with E-state index in [1.165, 1.54) is 29.5 Å². The van der Waals surface area contributed by atoms with Gasteiger partial charge in [0.25, 0.3) is 5.69 Å². The van der Waals surface area contributed by atoms with Gasteiger partial charge in [0.2, 0.25) is 5.90 Å². The van der Waals surface area contributed by atoms with E-state index in [-0.39, 0.29) is 5.69 Å². The van der Waals surface area contributed by atoms with Crippen LogP contribution in [0, 0.1) is 30.9 Å². The van der Waals surface area contributed by atoms with Crippen LogP contribution < -0.4 is 4.74 Å². The molecule has 0 unspecified atom stereocenters. The Balaban J connectivity index is 1.82. The molecule has 0 N–H and O–H groups in total. The lowest BCUT2D eigenvalue weighted by molar-refractivity contribution is -0.384. The Labute approximate surface area is 180 Å². The maximum absolute atomic E-state index is 10.8. The molecule has 0 atom stereocenters. The quantitative estimate of drug-likeness (QED) is 0.143. The highest BCUT2D eigenvalue weighted by molar-refractivity contribution is 8.02. The van der Waals surface area contributed by atoms with Crippen LogP contribution in [0.2, 0.25) is 0 Å². The summed E-state index contributed by atoms with van der Waals surface area (Å²) in [6.45, 7) is 6.12. The van der Waals surface area contributed by atoms with Crippen LogP contribution >= 0.6 is 11.8 Å². The normalized spacial score (nSPS) is 11.6. The highest BCUT2D eigenvalue weighted by atomic mass is 32.2. The van der Waals surface area contributed by atoms with Crippen molar-refractivity contribution in [3.05, 3.63) is 105 Å². The number of rotatable bonds is 6. The zero-order chi connectivity index (χ0) is 21.5. The first-order valence-electron chi connectivity index (χ1n) is 9.39. The Kier molecular flexibility index (Phi) is 7.03. The highest BCUT2D eigenvalue weighted by Gasteiger charge is 2.05. The number of nitro benzene ring substituents is 1. The molecule has 0 saturated heterocycles. The van der Waals surface area contributed by atoms with E-state index >= 15 is 0 Å². The molecule has 0 spiro atoms. The van der Waals surface area contributed by atoms with Gasteiger partial charge in [0.15, 0.2) is 0 Å². The summed E-state index contributed by atoms with van der Waals surface area (Å²) in [6.07, 6.45) is 1.80. The van der Waals surface area contributed by atoms with E-state index in [1.807, 2.05) is 54.8 Å². The number of hydrogen-bond donors (Lipinski definition) is 0. The Hall–Kier alpha value is -3.38. The van der Waals surface area contributed by atoms with Gasteiger partial charge in [0.05, 0.1) is 10.6 Å². The SMILES string of the molecule is Cc1cccc(OC(/C=C/Sc2ccc([N+](=O)[O-])cc2)=N\c2ccc(C)c(C)c2)c1. The third-order valence-corrected chi connectivity index (χ3v) is 5.22. The number of aliphatic imine (C=N–C) groups is 1. The monoisotopic (exact) mass is 418 g/mol. The molecule has 0 amide bonds. The van der Waals surface area contributed by atoms with Crippen molar-refractivity contribution in [2.24, 2.45) is 4.99 Å². The van der Waals surface area contributed by atoms with E-state index < -0.39 is 4.92 Å². The van der Waals surface area contributed by atoms with Crippen molar-refractivity contribution < 1.29 is 9.66 Å². The van der Waals surface area contributed by atoms with Crippen molar-refractivity contribution in [1.29, 1.82) is 0 Å². The van der Waals surface area contributed by atoms with Gasteiger partial charge in [-0.25, -0.2) is 4.99 Å². The average Bonchev–Trinajstić information content (AvgIpc) is 2.71. The number of benzene rings is 3. The van der Waals surface area contributed by atoms with Crippen molar-refractivity contribution >= 4 is 29.0 Å². The van der Waals surface area contributed by atoms with Gasteiger partial charge in [-0.05, 0) is 79.3 Å². The molecular weight excluding hydrogens is 396 g/mol. The summed E-state index contributed by atoms with van der Waals surface area (Å²) in [5.74, 6) is 1.17. The molecule has 5 nitrogen and oxygen atoms in total. The second-order valence-electron chi connectivity index (χ2n) is 6.81. The van der Waals surface area contributed by atoms with Crippen LogP contribution in [0.1, 0.15) is 16.7 Å². The summed E-state index contributed by atoms with van der Waals surface area (Å²) in [5, 5.41) is 12.6. The molecule has 6 heteroatoms. The minimum atomic E-state index is -0.408. The Morgan fingerprint density at radius 2 is 1.77 bits per heavy atom. The molecule has 0 aliphatic rings. The van der Waals surface area contributed by atoms with E-state index in [2.05, 4.69) is 18.8 Å². The molecule has 0 heterocycles. The summed E-state index contributed by atoms with van der Waals surface area (Å²) in [7, 11) is 0. The van der Waals surface area contributed by atoms with Crippen LogP contribution in [-0.4, -0.2) is 10.8 Å². The second kappa shape index (κ2) is 9.89. The van der Waals surface area contributed by atoms with Gasteiger partial charge in [0.1, 0.15) is 5.75 Å². The van der Waals surface area contributed by atoms with Crippen LogP contribution in [-0.2, 0) is 0 Å². The van der Waals surface area contributed by atoms with Crippen LogP contribution in [0.4, 0.5) is 11.4 Å². The Bertz CT molecular complexity index is 1110. The molecule has 152 valence electrons. The van der Waals surface area contributed by atoms with Gasteiger partial charge in [-0.15, -0.1) is 0 Å². The minimum Gasteiger partial charge on any atom is -0.439 e. The topological polar surface area (TPSA) is 64.7 Å². The first kappa shape index (κ1) is 21.3. The second-order valence-corrected chi connectivity index (χ2v) is 7.79. The smallest absolute Gasteiger partial charge is 0.269 e. The van der Waals surface area contributed by atoms with Gasteiger partial charge in [-0.1, -0.05) is 30.0 Å². The van der Waals surface area contributed by atoms with E-state index in [0.29, 0.717) is 11.6 Å². The largest absolute Gasteiger partial charge is 0.439 e. The number of hydrogen-bond acceptors (Lipinski definition) is 5. The van der Waals surface area contributed by atoms with Crippen LogP contribution in [0.15, 0.2) is 88.1 Å². The summed E-state index contributed by atoms with van der Waals surface area (Å²) >= 11 is 1.44. The average molecular weight is 419 g/mol. The molecule has 0 fully saturated rings. The van der Waals surface area contributed by atoms with Gasteiger partial charge in [-0.3, -0.25) is 10.1 Å². The molecule has 3 aromatic rings. The van der Waals surface area contributed by atoms with Crippen molar-refractivity contribution in [1.82, 2.24) is 0 Å². The zero-order valence-corrected chi connectivity index (χ0v) is 17.8. The maximum Gasteiger partial charge on any atom is 0.269 e. The fourth-order valence-corrected chi connectivity index (χ4v) is 3.27. The zero-order valence-electron chi connectivity index (χ0n) is 17.0. The summed E-state index contributed by atoms with van der Waals surface area (Å²) < 4.78 is 6.02. The molecule has 0 bridgehead atoms. The fraction of sp³-hybridized carbons (Fsp3) is 0.125. The molecule has 0 aromatic heterocycles. The molecule has 0 aliphatic heterocycles. The minimum absolute atomic E-state index is 0.0723. The van der Waals surface area contributed by atoms with Crippen molar-refractivity contribution in [3.63, 3.8) is 0 Å². The van der Waals surface area contributed by atoms with E-state index in [9.17, 15) is 10.1 Å². The molecule has 0 saturated carbocycles. The molecule has 0 radical (unpaired) electrons. The lowest BCUT2D eigenvalue weighted by Crippen LogP contribution is -2.04. The molecular formula is C24H22N2O3S. The highest BCUT2D eigenvalue weighted by Crippen LogP contribution is 2.23.